The van der Waals surface area contributed by atoms with E-state index in [9.17, 15) is 0 Å². The number of halogens is 1. The molecular weight excluding hydrogens is 324 g/mol. The Bertz CT molecular complexity index is 655. The van der Waals surface area contributed by atoms with Gasteiger partial charge in [0.15, 0.2) is 0 Å². The van der Waals surface area contributed by atoms with Crippen LogP contribution in [-0.2, 0) is 7.05 Å². The second kappa shape index (κ2) is 5.17. The van der Waals surface area contributed by atoms with Gasteiger partial charge in [0.25, 0.3) is 0 Å². The molecule has 1 fully saturated rings. The van der Waals surface area contributed by atoms with Crippen LogP contribution in [0.1, 0.15) is 37.3 Å². The Kier molecular flexibility index (Phi) is 3.54. The van der Waals surface area contributed by atoms with Crippen molar-refractivity contribution in [2.75, 3.05) is 0 Å². The first-order valence-corrected chi connectivity index (χ1v) is 7.64. The Hall–Kier alpha value is -1.01. The molecule has 0 aromatic carbocycles. The number of rotatable bonds is 2. The lowest BCUT2D eigenvalue weighted by Gasteiger charge is -2.13. The smallest absolute Gasteiger partial charge is 0.144 e. The highest BCUT2D eigenvalue weighted by Gasteiger charge is 2.22. The van der Waals surface area contributed by atoms with E-state index in [1.54, 1.807) is 10.9 Å². The Labute approximate surface area is 125 Å². The van der Waals surface area contributed by atoms with Crippen LogP contribution < -0.4 is 0 Å². The summed E-state index contributed by atoms with van der Waals surface area (Å²) in [4.78, 5) is 7.89. The van der Waals surface area contributed by atoms with E-state index >= 15 is 0 Å². The molecule has 4 nitrogen and oxygen atoms in total. The predicted molar refractivity (Wildman–Crippen MR) is 80.5 cm³/mol. The van der Waals surface area contributed by atoms with Gasteiger partial charge in [-0.15, -0.1) is 0 Å². The van der Waals surface area contributed by atoms with Crippen LogP contribution in [0.2, 0.25) is 0 Å². The van der Waals surface area contributed by atoms with Gasteiger partial charge < -0.3 is 4.98 Å². The van der Waals surface area contributed by atoms with Crippen LogP contribution in [-0.4, -0.2) is 19.7 Å². The van der Waals surface area contributed by atoms with Crippen LogP contribution in [0, 0.1) is 4.64 Å². The Morgan fingerprint density at radius 1 is 1.42 bits per heavy atom. The Balaban J connectivity index is 2.09. The summed E-state index contributed by atoms with van der Waals surface area (Å²) in [5, 5.41) is 4.18. The molecule has 0 saturated heterocycles. The van der Waals surface area contributed by atoms with E-state index in [2.05, 4.69) is 31.0 Å². The molecule has 0 radical (unpaired) electrons. The number of hydrogen-bond donors (Lipinski definition) is 1. The minimum atomic E-state index is 0.564. The van der Waals surface area contributed by atoms with Crippen molar-refractivity contribution in [3.8, 4) is 11.4 Å². The second-order valence-electron chi connectivity index (χ2n) is 5.00. The number of H-pyrrole nitrogens is 1. The highest BCUT2D eigenvalue weighted by molar-refractivity contribution is 9.10. The molecule has 1 aliphatic rings. The average molecular weight is 339 g/mol. The third-order valence-electron chi connectivity index (χ3n) is 3.63. The SMILES string of the molecule is Cn1cc(-c2nc(=S)c(Br)c(C3CCCC3)[nH]2)cn1. The van der Waals surface area contributed by atoms with Crippen molar-refractivity contribution in [1.82, 2.24) is 19.7 Å². The molecule has 2 heterocycles. The lowest BCUT2D eigenvalue weighted by Crippen LogP contribution is -2.02. The largest absolute Gasteiger partial charge is 0.342 e. The van der Waals surface area contributed by atoms with E-state index in [-0.39, 0.29) is 0 Å². The lowest BCUT2D eigenvalue weighted by atomic mass is 10.0. The molecule has 3 rings (SSSR count). The van der Waals surface area contributed by atoms with Crippen LogP contribution in [0.5, 0.6) is 0 Å². The number of nitrogens with zero attached hydrogens (tertiary/aromatic N) is 3. The van der Waals surface area contributed by atoms with Gasteiger partial charge in [0.05, 0.1) is 16.2 Å². The standard InChI is InChI=1S/C13H15BrN4S/c1-18-7-9(6-15-18)12-16-11(8-4-2-3-5-8)10(14)13(19)17-12/h6-8H,2-5H2,1H3,(H,16,17,19). The highest BCUT2D eigenvalue weighted by Crippen LogP contribution is 2.37. The molecule has 0 atom stereocenters. The number of nitrogens with one attached hydrogen (secondary N) is 1. The van der Waals surface area contributed by atoms with Gasteiger partial charge in [0.2, 0.25) is 0 Å². The number of aromatic amines is 1. The Morgan fingerprint density at radius 2 is 2.16 bits per heavy atom. The summed E-state index contributed by atoms with van der Waals surface area (Å²) < 4.78 is 3.34. The van der Waals surface area contributed by atoms with Crippen LogP contribution in [0.3, 0.4) is 0 Å². The summed E-state index contributed by atoms with van der Waals surface area (Å²) >= 11 is 8.95. The molecule has 100 valence electrons. The summed E-state index contributed by atoms with van der Waals surface area (Å²) in [6, 6.07) is 0. The zero-order chi connectivity index (χ0) is 13.4. The topological polar surface area (TPSA) is 46.5 Å². The molecule has 1 N–H and O–H groups in total. The molecule has 19 heavy (non-hydrogen) atoms. The van der Waals surface area contributed by atoms with Gasteiger partial charge in [-0.25, -0.2) is 4.98 Å². The van der Waals surface area contributed by atoms with Gasteiger partial charge in [0.1, 0.15) is 10.5 Å². The first-order valence-electron chi connectivity index (χ1n) is 6.44. The summed E-state index contributed by atoms with van der Waals surface area (Å²) in [5.41, 5.74) is 2.16. The first kappa shape index (κ1) is 13.0. The van der Waals surface area contributed by atoms with Crippen molar-refractivity contribution < 1.29 is 0 Å². The first-order chi connectivity index (χ1) is 9.15. The number of aryl methyl sites for hydroxylation is 1. The maximum Gasteiger partial charge on any atom is 0.144 e. The van der Waals surface area contributed by atoms with Gasteiger partial charge in [-0.1, -0.05) is 25.1 Å². The molecule has 0 spiro atoms. The fraction of sp³-hybridized carbons (Fsp3) is 0.462. The Morgan fingerprint density at radius 3 is 2.79 bits per heavy atom. The summed E-state index contributed by atoms with van der Waals surface area (Å²) in [7, 11) is 1.90. The van der Waals surface area contributed by atoms with E-state index in [0.717, 1.165) is 15.9 Å². The van der Waals surface area contributed by atoms with E-state index < -0.39 is 0 Å². The van der Waals surface area contributed by atoms with Crippen LogP contribution >= 0.6 is 28.1 Å². The third-order valence-corrected chi connectivity index (χ3v) is 4.99. The molecule has 0 unspecified atom stereocenters. The monoisotopic (exact) mass is 338 g/mol. The molecule has 1 aliphatic carbocycles. The fourth-order valence-corrected chi connectivity index (χ4v) is 3.36. The second-order valence-corrected chi connectivity index (χ2v) is 6.18. The van der Waals surface area contributed by atoms with Crippen molar-refractivity contribution in [3.05, 3.63) is 27.2 Å². The average Bonchev–Trinajstić information content (AvgIpc) is 3.03. The zero-order valence-electron chi connectivity index (χ0n) is 10.7. The normalized spacial score (nSPS) is 16.1. The van der Waals surface area contributed by atoms with Gasteiger partial charge in [0, 0.05) is 24.9 Å². The number of hydrogen-bond acceptors (Lipinski definition) is 3. The van der Waals surface area contributed by atoms with Gasteiger partial charge in [-0.3, -0.25) is 4.68 Å². The van der Waals surface area contributed by atoms with Crippen molar-refractivity contribution in [2.24, 2.45) is 7.05 Å². The van der Waals surface area contributed by atoms with Crippen LogP contribution in [0.15, 0.2) is 16.9 Å². The van der Waals surface area contributed by atoms with Crippen LogP contribution in [0.4, 0.5) is 0 Å². The van der Waals surface area contributed by atoms with Crippen LogP contribution in [0.25, 0.3) is 11.4 Å². The van der Waals surface area contributed by atoms with Crippen molar-refractivity contribution >= 4 is 28.1 Å². The molecular formula is C13H15BrN4S. The van der Waals surface area contributed by atoms with Crippen molar-refractivity contribution in [3.63, 3.8) is 0 Å². The quantitative estimate of drug-likeness (QED) is 0.843. The highest BCUT2D eigenvalue weighted by atomic mass is 79.9. The summed E-state index contributed by atoms with van der Waals surface area (Å²) in [6.07, 6.45) is 8.78. The maximum atomic E-state index is 5.37. The number of aromatic nitrogens is 4. The minimum absolute atomic E-state index is 0.564. The maximum absolute atomic E-state index is 5.37. The predicted octanol–water partition coefficient (Wildman–Crippen LogP) is 3.96. The molecule has 1 saturated carbocycles. The third kappa shape index (κ3) is 2.51. The van der Waals surface area contributed by atoms with Gasteiger partial charge >= 0.3 is 0 Å². The summed E-state index contributed by atoms with van der Waals surface area (Å²) in [6.45, 7) is 0. The molecule has 0 bridgehead atoms. The van der Waals surface area contributed by atoms with Gasteiger partial charge in [-0.05, 0) is 28.8 Å². The zero-order valence-corrected chi connectivity index (χ0v) is 13.1. The molecule has 2 aromatic heterocycles. The van der Waals surface area contributed by atoms with E-state index in [0.29, 0.717) is 10.6 Å². The van der Waals surface area contributed by atoms with Gasteiger partial charge in [-0.2, -0.15) is 5.10 Å². The van der Waals surface area contributed by atoms with E-state index in [4.69, 9.17) is 12.2 Å². The lowest BCUT2D eigenvalue weighted by molar-refractivity contribution is 0.689. The fourth-order valence-electron chi connectivity index (χ4n) is 2.65. The molecule has 2 aromatic rings. The summed E-state index contributed by atoms with van der Waals surface area (Å²) in [5.74, 6) is 1.37. The van der Waals surface area contributed by atoms with E-state index in [1.165, 1.54) is 31.4 Å². The minimum Gasteiger partial charge on any atom is -0.342 e. The van der Waals surface area contributed by atoms with E-state index in [1.807, 2.05) is 13.2 Å². The van der Waals surface area contributed by atoms with Crippen molar-refractivity contribution in [2.45, 2.75) is 31.6 Å². The van der Waals surface area contributed by atoms with Crippen molar-refractivity contribution in [1.29, 1.82) is 0 Å². The molecule has 0 aliphatic heterocycles. The molecule has 0 amide bonds. The molecule has 6 heteroatoms.